The molecule has 0 atom stereocenters. The maximum atomic E-state index is 11.1. The number of benzene rings is 1. The van der Waals surface area contributed by atoms with E-state index in [1.165, 1.54) is 0 Å². The molecule has 1 N–H and O–H groups in total. The molecular weight excluding hydrogens is 282 g/mol. The summed E-state index contributed by atoms with van der Waals surface area (Å²) in [6.07, 6.45) is 3.42. The highest BCUT2D eigenvalue weighted by Gasteiger charge is 2.11. The van der Waals surface area contributed by atoms with Crippen molar-refractivity contribution in [2.45, 2.75) is 13.5 Å². The summed E-state index contributed by atoms with van der Waals surface area (Å²) in [6.45, 7) is 2.88. The number of aromatic nitrogens is 3. The standard InChI is InChI=1S/C16H15N3O3/c1-2-22-14-8-11(16(20)21)5-6-12(14)9-19-10-18-15-13(19)4-3-7-17-15/h3-8,10H,2,9H2,1H3,(H,20,21). The zero-order valence-corrected chi connectivity index (χ0v) is 12.1. The molecule has 0 spiro atoms. The van der Waals surface area contributed by atoms with Crippen molar-refractivity contribution in [3.63, 3.8) is 0 Å². The van der Waals surface area contributed by atoms with Gasteiger partial charge >= 0.3 is 5.97 Å². The SMILES string of the molecule is CCOc1cc(C(=O)O)ccc1Cn1cnc2ncccc21. The van der Waals surface area contributed by atoms with Gasteiger partial charge in [0.15, 0.2) is 5.65 Å². The third-order valence-corrected chi connectivity index (χ3v) is 3.35. The number of imidazole rings is 1. The van der Waals surface area contributed by atoms with Gasteiger partial charge in [0.2, 0.25) is 0 Å². The highest BCUT2D eigenvalue weighted by Crippen LogP contribution is 2.23. The van der Waals surface area contributed by atoms with Crippen LogP contribution in [0.25, 0.3) is 11.2 Å². The minimum absolute atomic E-state index is 0.212. The second-order valence-corrected chi connectivity index (χ2v) is 4.78. The summed E-state index contributed by atoms with van der Waals surface area (Å²) in [4.78, 5) is 19.5. The van der Waals surface area contributed by atoms with Crippen LogP contribution in [0.3, 0.4) is 0 Å². The molecule has 0 saturated heterocycles. The summed E-state index contributed by atoms with van der Waals surface area (Å²) in [5.41, 5.74) is 2.72. The number of nitrogens with zero attached hydrogens (tertiary/aromatic N) is 3. The summed E-state index contributed by atoms with van der Waals surface area (Å²) in [5, 5.41) is 9.09. The van der Waals surface area contributed by atoms with Crippen molar-refractivity contribution in [2.75, 3.05) is 6.61 Å². The molecule has 2 aromatic heterocycles. The monoisotopic (exact) mass is 297 g/mol. The van der Waals surface area contributed by atoms with Gasteiger partial charge < -0.3 is 14.4 Å². The van der Waals surface area contributed by atoms with Crippen LogP contribution in [0.15, 0.2) is 42.9 Å². The topological polar surface area (TPSA) is 77.2 Å². The van der Waals surface area contributed by atoms with Gasteiger partial charge in [0, 0.05) is 11.8 Å². The fraction of sp³-hybridized carbons (Fsp3) is 0.188. The van der Waals surface area contributed by atoms with Gasteiger partial charge in [-0.1, -0.05) is 6.07 Å². The Morgan fingerprint density at radius 1 is 1.32 bits per heavy atom. The molecule has 0 saturated carbocycles. The van der Waals surface area contributed by atoms with Gasteiger partial charge in [-0.25, -0.2) is 14.8 Å². The van der Waals surface area contributed by atoms with Crippen molar-refractivity contribution < 1.29 is 14.6 Å². The molecule has 2 heterocycles. The minimum Gasteiger partial charge on any atom is -0.494 e. The number of carboxylic acids is 1. The van der Waals surface area contributed by atoms with Crippen molar-refractivity contribution >= 4 is 17.1 Å². The molecule has 3 rings (SSSR count). The molecule has 22 heavy (non-hydrogen) atoms. The van der Waals surface area contributed by atoms with Gasteiger partial charge in [0.05, 0.1) is 30.6 Å². The molecular formula is C16H15N3O3. The predicted octanol–water partition coefficient (Wildman–Crippen LogP) is 2.58. The van der Waals surface area contributed by atoms with Crippen molar-refractivity contribution in [3.05, 3.63) is 54.0 Å². The zero-order valence-electron chi connectivity index (χ0n) is 12.1. The molecule has 6 nitrogen and oxygen atoms in total. The molecule has 1 aromatic carbocycles. The normalized spacial score (nSPS) is 10.8. The molecule has 0 bridgehead atoms. The number of pyridine rings is 1. The smallest absolute Gasteiger partial charge is 0.335 e. The molecule has 0 aliphatic heterocycles. The lowest BCUT2D eigenvalue weighted by Crippen LogP contribution is -2.05. The van der Waals surface area contributed by atoms with Crippen LogP contribution < -0.4 is 4.74 Å². The molecule has 0 aliphatic rings. The average Bonchev–Trinajstić information content (AvgIpc) is 2.92. The number of rotatable bonds is 5. The first kappa shape index (κ1) is 14.1. The molecule has 0 unspecified atom stereocenters. The Bertz CT molecular complexity index is 826. The quantitative estimate of drug-likeness (QED) is 0.783. The first-order valence-corrected chi connectivity index (χ1v) is 6.94. The van der Waals surface area contributed by atoms with Crippen LogP contribution in [0.4, 0.5) is 0 Å². The number of fused-ring (bicyclic) bond motifs is 1. The van der Waals surface area contributed by atoms with Gasteiger partial charge in [-0.05, 0) is 31.2 Å². The predicted molar refractivity (Wildman–Crippen MR) is 81.2 cm³/mol. The minimum atomic E-state index is -0.968. The van der Waals surface area contributed by atoms with E-state index < -0.39 is 5.97 Å². The van der Waals surface area contributed by atoms with E-state index >= 15 is 0 Å². The number of carbonyl (C=O) groups is 1. The van der Waals surface area contributed by atoms with E-state index in [-0.39, 0.29) is 5.56 Å². The first-order valence-electron chi connectivity index (χ1n) is 6.94. The zero-order chi connectivity index (χ0) is 15.5. The summed E-state index contributed by atoms with van der Waals surface area (Å²) >= 11 is 0. The van der Waals surface area contributed by atoms with Gasteiger partial charge in [0.25, 0.3) is 0 Å². The van der Waals surface area contributed by atoms with E-state index in [0.717, 1.165) is 11.1 Å². The molecule has 0 aliphatic carbocycles. The van der Waals surface area contributed by atoms with E-state index in [4.69, 9.17) is 9.84 Å². The van der Waals surface area contributed by atoms with Gasteiger partial charge in [-0.3, -0.25) is 0 Å². The number of carboxylic acid groups (broad SMARTS) is 1. The van der Waals surface area contributed by atoms with Crippen LogP contribution in [0.2, 0.25) is 0 Å². The summed E-state index contributed by atoms with van der Waals surface area (Å²) < 4.78 is 7.53. The summed E-state index contributed by atoms with van der Waals surface area (Å²) in [7, 11) is 0. The summed E-state index contributed by atoms with van der Waals surface area (Å²) in [5.74, 6) is -0.391. The number of hydrogen-bond acceptors (Lipinski definition) is 4. The van der Waals surface area contributed by atoms with Crippen molar-refractivity contribution in [3.8, 4) is 5.75 Å². The number of ether oxygens (including phenoxy) is 1. The summed E-state index contributed by atoms with van der Waals surface area (Å²) in [6, 6.07) is 8.71. The van der Waals surface area contributed by atoms with Crippen LogP contribution in [-0.4, -0.2) is 32.2 Å². The molecule has 6 heteroatoms. The van der Waals surface area contributed by atoms with Crippen molar-refractivity contribution in [1.29, 1.82) is 0 Å². The van der Waals surface area contributed by atoms with E-state index in [0.29, 0.717) is 24.5 Å². The third kappa shape index (κ3) is 2.63. The number of aromatic carboxylic acids is 1. The van der Waals surface area contributed by atoms with Crippen LogP contribution in [0.5, 0.6) is 5.75 Å². The van der Waals surface area contributed by atoms with Gasteiger partial charge in [-0.2, -0.15) is 0 Å². The maximum Gasteiger partial charge on any atom is 0.335 e. The van der Waals surface area contributed by atoms with Crippen LogP contribution >= 0.6 is 0 Å². The second-order valence-electron chi connectivity index (χ2n) is 4.78. The highest BCUT2D eigenvalue weighted by atomic mass is 16.5. The maximum absolute atomic E-state index is 11.1. The Morgan fingerprint density at radius 3 is 2.95 bits per heavy atom. The Morgan fingerprint density at radius 2 is 2.18 bits per heavy atom. The largest absolute Gasteiger partial charge is 0.494 e. The van der Waals surface area contributed by atoms with E-state index in [9.17, 15) is 4.79 Å². The third-order valence-electron chi connectivity index (χ3n) is 3.35. The number of hydrogen-bond donors (Lipinski definition) is 1. The fourth-order valence-electron chi connectivity index (χ4n) is 2.32. The lowest BCUT2D eigenvalue weighted by atomic mass is 10.1. The lowest BCUT2D eigenvalue weighted by Gasteiger charge is -2.12. The molecule has 0 amide bonds. The van der Waals surface area contributed by atoms with E-state index in [2.05, 4.69) is 9.97 Å². The van der Waals surface area contributed by atoms with Gasteiger partial charge in [0.1, 0.15) is 5.75 Å². The second kappa shape index (κ2) is 5.85. The molecule has 0 radical (unpaired) electrons. The van der Waals surface area contributed by atoms with Crippen molar-refractivity contribution in [1.82, 2.24) is 14.5 Å². The lowest BCUT2D eigenvalue weighted by molar-refractivity contribution is 0.0696. The van der Waals surface area contributed by atoms with Crippen LogP contribution in [-0.2, 0) is 6.54 Å². The van der Waals surface area contributed by atoms with Crippen LogP contribution in [0.1, 0.15) is 22.8 Å². The molecule has 0 fully saturated rings. The molecule has 3 aromatic rings. The Balaban J connectivity index is 1.99. The average molecular weight is 297 g/mol. The van der Waals surface area contributed by atoms with Crippen LogP contribution in [0, 0.1) is 0 Å². The van der Waals surface area contributed by atoms with Gasteiger partial charge in [-0.15, -0.1) is 0 Å². The first-order chi connectivity index (χ1) is 10.7. The Kier molecular flexibility index (Phi) is 3.74. The molecule has 112 valence electrons. The Hall–Kier alpha value is -2.89. The van der Waals surface area contributed by atoms with Crippen molar-refractivity contribution in [2.24, 2.45) is 0 Å². The highest BCUT2D eigenvalue weighted by molar-refractivity contribution is 5.88. The van der Waals surface area contributed by atoms with E-state index in [1.807, 2.05) is 23.6 Å². The van der Waals surface area contributed by atoms with E-state index in [1.54, 1.807) is 30.7 Å². The fourth-order valence-corrected chi connectivity index (χ4v) is 2.32. The Labute approximate surface area is 127 Å².